The number of hydrogen-bond donors (Lipinski definition) is 8. The van der Waals surface area contributed by atoms with E-state index >= 15 is 0 Å². The van der Waals surface area contributed by atoms with Crippen molar-refractivity contribution in [3.05, 3.63) is 35.4 Å². The molecule has 0 bridgehead atoms. The Morgan fingerprint density at radius 3 is 1.82 bits per heavy atom. The van der Waals surface area contributed by atoms with Gasteiger partial charge in [0.2, 0.25) is 23.6 Å². The van der Waals surface area contributed by atoms with Crippen molar-refractivity contribution in [1.82, 2.24) is 40.4 Å². The number of imide groups is 1. The zero-order chi connectivity index (χ0) is 56.5. The molecule has 2 aliphatic heterocycles. The van der Waals surface area contributed by atoms with Crippen molar-refractivity contribution >= 4 is 76.7 Å². The van der Waals surface area contributed by atoms with Crippen molar-refractivity contribution < 1.29 is 82.6 Å². The van der Waals surface area contributed by atoms with E-state index in [4.69, 9.17) is 19.6 Å². The number of hydrogen-bond acceptors (Lipinski definition) is 19. The quantitative estimate of drug-likeness (QED) is 0.0229. The van der Waals surface area contributed by atoms with E-state index in [2.05, 4.69) is 16.0 Å². The molecule has 3 rings (SSSR count). The van der Waals surface area contributed by atoms with E-state index in [1.807, 2.05) is 4.90 Å². The van der Waals surface area contributed by atoms with Gasteiger partial charge >= 0.3 is 23.9 Å². The lowest BCUT2D eigenvalue weighted by Gasteiger charge is -2.32. The predicted molar refractivity (Wildman–Crippen MR) is 280 cm³/mol. The largest absolute Gasteiger partial charge is 0.481 e. The van der Waals surface area contributed by atoms with Crippen LogP contribution in [0.4, 0.5) is 0 Å². The monoisotopic (exact) mass is 1110 g/mol. The van der Waals surface area contributed by atoms with E-state index in [1.54, 1.807) is 39.8 Å². The van der Waals surface area contributed by atoms with E-state index in [-0.39, 0.29) is 167 Å². The Morgan fingerprint density at radius 1 is 0.701 bits per heavy atom. The molecule has 2 aliphatic rings. The molecule has 77 heavy (non-hydrogen) atoms. The van der Waals surface area contributed by atoms with Gasteiger partial charge in [-0.15, -0.1) is 11.8 Å². The van der Waals surface area contributed by atoms with Crippen LogP contribution in [-0.2, 0) is 63.9 Å². The normalized spacial score (nSPS) is 16.7. The van der Waals surface area contributed by atoms with Gasteiger partial charge in [0.15, 0.2) is 5.78 Å². The summed E-state index contributed by atoms with van der Waals surface area (Å²) in [6, 6.07) is 6.39. The summed E-state index contributed by atoms with van der Waals surface area (Å²) in [4.78, 5) is 130. The second kappa shape index (κ2) is 37.0. The molecule has 0 spiro atoms. The number of carboxylic acids is 4. The summed E-state index contributed by atoms with van der Waals surface area (Å²) >= 11 is 1.41. The molecule has 1 aromatic rings. The first-order chi connectivity index (χ1) is 36.8. The number of Topliss-reactive ketones (excluding diaryl/α,β-unsaturated/α-hetero) is 1. The molecule has 1 unspecified atom stereocenters. The van der Waals surface area contributed by atoms with Crippen molar-refractivity contribution in [3.8, 4) is 0 Å². The Balaban J connectivity index is 1.25. The number of thioether (sulfide) groups is 1. The highest BCUT2D eigenvalue weighted by Crippen LogP contribution is 2.27. The number of nitrogens with zero attached hydrogens (tertiary/aromatic N) is 5. The molecule has 0 aliphatic carbocycles. The van der Waals surface area contributed by atoms with E-state index in [9.17, 15) is 68.4 Å². The van der Waals surface area contributed by atoms with Gasteiger partial charge in [0.25, 0.3) is 5.91 Å². The van der Waals surface area contributed by atoms with Gasteiger partial charge in [0, 0.05) is 96.1 Å². The standard InChI is InChI=1S/C50H77N9O17S/c1-36(51)6-5-25-77-41-28-44(63)59(49(41)71)11-3-2-8-39(50(72)73)27-40(60)30-54-48(70)38-9-4-7-37(26-38)29-53-43(62)35-76-24-23-75-22-21-74-20-10-52-42(61)31-55-12-14-56(32-45(64)65)16-18-58(34-47(68)69)19-17-57(15-13-55)33-46(66)67/h4,7,9,26,39,41,51H,2-3,5-6,8,10-25,27-35H2,1H3,(H,52,61)(H,53,62)(H,54,70)(H,64,65)(H,66,67)(H,68,69)(H,72,73)/t39-,41?/m1/s1. The van der Waals surface area contributed by atoms with Crippen LogP contribution in [0.25, 0.3) is 0 Å². The number of ether oxygens (including phenoxy) is 3. The number of carboxylic acid groups (broad SMARTS) is 4. The molecular weight excluding hydrogens is 1030 g/mol. The maximum Gasteiger partial charge on any atom is 0.317 e. The third-order valence-electron chi connectivity index (χ3n) is 12.3. The number of amides is 5. The fourth-order valence-corrected chi connectivity index (χ4v) is 9.29. The van der Waals surface area contributed by atoms with Gasteiger partial charge in [0.05, 0.1) is 76.9 Å². The number of ketones is 1. The van der Waals surface area contributed by atoms with Crippen LogP contribution in [-0.4, -0.2) is 259 Å². The Hall–Kier alpha value is -5.94. The molecule has 0 saturated carbocycles. The first-order valence-corrected chi connectivity index (χ1v) is 26.8. The lowest BCUT2D eigenvalue weighted by molar-refractivity contribution is -0.144. The highest BCUT2D eigenvalue weighted by atomic mass is 32.2. The van der Waals surface area contributed by atoms with Crippen LogP contribution < -0.4 is 16.0 Å². The number of benzene rings is 1. The van der Waals surface area contributed by atoms with Crippen molar-refractivity contribution in [2.45, 2.75) is 63.7 Å². The molecule has 27 heteroatoms. The molecule has 0 radical (unpaired) electrons. The number of likely N-dealkylation sites (tertiary alicyclic amines) is 1. The van der Waals surface area contributed by atoms with Crippen LogP contribution in [0, 0.1) is 11.3 Å². The van der Waals surface area contributed by atoms with Gasteiger partial charge < -0.3 is 56.0 Å². The number of carbonyl (C=O) groups excluding carboxylic acids is 6. The number of aliphatic carboxylic acids is 4. The Morgan fingerprint density at radius 2 is 1.26 bits per heavy atom. The SMILES string of the molecule is CC(=N)CCCSC1CC(=O)N(CCCC[C@H](CC(=O)CNC(=O)c2cccc(CNC(=O)COCCOCCOCCNC(=O)CN3CCN(CC(=O)O)CCN(CC(=O)O)CCN(CC(=O)O)CC3)c2)C(=O)O)C1=O. The molecule has 2 fully saturated rings. The highest BCUT2D eigenvalue weighted by Gasteiger charge is 2.38. The zero-order valence-electron chi connectivity index (χ0n) is 43.9. The molecule has 430 valence electrons. The van der Waals surface area contributed by atoms with E-state index in [0.717, 1.165) is 6.42 Å². The smallest absolute Gasteiger partial charge is 0.317 e. The average Bonchev–Trinajstić information content (AvgIpc) is 3.64. The van der Waals surface area contributed by atoms with Gasteiger partial charge in [-0.05, 0) is 56.1 Å². The lowest BCUT2D eigenvalue weighted by atomic mass is 9.96. The Labute approximate surface area is 452 Å². The maximum absolute atomic E-state index is 12.9. The van der Waals surface area contributed by atoms with Gasteiger partial charge in [0.1, 0.15) is 6.61 Å². The first kappa shape index (κ1) is 65.3. The van der Waals surface area contributed by atoms with Gasteiger partial charge in [-0.25, -0.2) is 0 Å². The Kier molecular flexibility index (Phi) is 31.4. The topological polar surface area (TPSA) is 355 Å². The van der Waals surface area contributed by atoms with E-state index < -0.39 is 59.2 Å². The minimum absolute atomic E-state index is 0.0243. The number of nitrogens with one attached hydrogen (secondary N) is 4. The summed E-state index contributed by atoms with van der Waals surface area (Å²) in [6.07, 6.45) is 2.11. The molecule has 5 amide bonds. The fourth-order valence-electron chi connectivity index (χ4n) is 8.17. The van der Waals surface area contributed by atoms with E-state index in [0.29, 0.717) is 49.4 Å². The van der Waals surface area contributed by atoms with Crippen LogP contribution in [0.15, 0.2) is 24.3 Å². The molecule has 2 heterocycles. The number of carbonyl (C=O) groups is 10. The second-order valence-electron chi connectivity index (χ2n) is 18.7. The van der Waals surface area contributed by atoms with Gasteiger partial charge in [-0.1, -0.05) is 18.6 Å². The van der Waals surface area contributed by atoms with Crippen molar-refractivity contribution in [1.29, 1.82) is 5.41 Å². The summed E-state index contributed by atoms with van der Waals surface area (Å²) in [7, 11) is 0. The molecule has 2 saturated heterocycles. The molecule has 8 N–H and O–H groups in total. The minimum Gasteiger partial charge on any atom is -0.481 e. The molecule has 26 nitrogen and oxygen atoms in total. The summed E-state index contributed by atoms with van der Waals surface area (Å²) in [5, 5.41) is 53.0. The van der Waals surface area contributed by atoms with Crippen LogP contribution in [0.2, 0.25) is 0 Å². The highest BCUT2D eigenvalue weighted by molar-refractivity contribution is 8.00. The predicted octanol–water partition coefficient (Wildman–Crippen LogP) is -0.815. The Bertz CT molecular complexity index is 2110. The first-order valence-electron chi connectivity index (χ1n) is 25.7. The van der Waals surface area contributed by atoms with Crippen LogP contribution in [0.1, 0.15) is 67.8 Å². The summed E-state index contributed by atoms with van der Waals surface area (Å²) in [5.41, 5.74) is 1.39. The van der Waals surface area contributed by atoms with Gasteiger partial charge in [-0.3, -0.25) is 72.4 Å². The summed E-state index contributed by atoms with van der Waals surface area (Å²) in [5.74, 6) is -6.91. The van der Waals surface area contributed by atoms with Gasteiger partial charge in [-0.2, -0.15) is 0 Å². The second-order valence-corrected chi connectivity index (χ2v) is 20.0. The number of rotatable bonds is 37. The minimum atomic E-state index is -1.16. The van der Waals surface area contributed by atoms with Crippen LogP contribution >= 0.6 is 11.8 Å². The van der Waals surface area contributed by atoms with Crippen molar-refractivity contribution in [2.75, 3.05) is 144 Å². The maximum atomic E-state index is 12.9. The summed E-state index contributed by atoms with van der Waals surface area (Å²) in [6.45, 7) is 3.88. The molecule has 2 atom stereocenters. The van der Waals surface area contributed by atoms with Crippen LogP contribution in [0.5, 0.6) is 0 Å². The number of unbranched alkanes of at least 4 members (excludes halogenated alkanes) is 1. The third kappa shape index (κ3) is 28.9. The zero-order valence-corrected chi connectivity index (χ0v) is 44.7. The van der Waals surface area contributed by atoms with Crippen molar-refractivity contribution in [2.24, 2.45) is 5.92 Å². The van der Waals surface area contributed by atoms with E-state index in [1.165, 1.54) is 22.7 Å². The average molecular weight is 1110 g/mol. The third-order valence-corrected chi connectivity index (χ3v) is 13.6. The van der Waals surface area contributed by atoms with Crippen molar-refractivity contribution in [3.63, 3.8) is 0 Å². The fraction of sp³-hybridized carbons (Fsp3) is 0.660. The lowest BCUT2D eigenvalue weighted by Crippen LogP contribution is -2.50. The van der Waals surface area contributed by atoms with Crippen LogP contribution in [0.3, 0.4) is 0 Å². The molecule has 1 aromatic carbocycles. The summed E-state index contributed by atoms with van der Waals surface area (Å²) < 4.78 is 16.4. The molecular formula is C50H77N9O17S. The molecule has 0 aromatic heterocycles.